The predicted octanol–water partition coefficient (Wildman–Crippen LogP) is 3.14. The van der Waals surface area contributed by atoms with Gasteiger partial charge in [-0.1, -0.05) is 23.2 Å². The van der Waals surface area contributed by atoms with Crippen molar-refractivity contribution in [3.63, 3.8) is 0 Å². The first-order valence-corrected chi connectivity index (χ1v) is 6.78. The lowest BCUT2D eigenvalue weighted by Crippen LogP contribution is -2.35. The van der Waals surface area contributed by atoms with Gasteiger partial charge in [-0.25, -0.2) is 0 Å². The standard InChI is InChI=1S/C13H17Cl2NO2/c1-17-8-11(7-16-9-2-3-9)18-10-4-5-12(14)13(15)6-10/h4-6,9,11,16H,2-3,7-8H2,1H3. The van der Waals surface area contributed by atoms with Gasteiger partial charge in [-0.05, 0) is 25.0 Å². The fourth-order valence-electron chi connectivity index (χ4n) is 1.65. The van der Waals surface area contributed by atoms with Crippen molar-refractivity contribution in [2.45, 2.75) is 25.0 Å². The molecule has 1 saturated carbocycles. The van der Waals surface area contributed by atoms with Crippen LogP contribution in [0.3, 0.4) is 0 Å². The number of methoxy groups -OCH3 is 1. The van der Waals surface area contributed by atoms with E-state index in [2.05, 4.69) is 5.32 Å². The Balaban J connectivity index is 1.90. The van der Waals surface area contributed by atoms with Crippen LogP contribution in [0, 0.1) is 0 Å². The molecule has 1 fully saturated rings. The van der Waals surface area contributed by atoms with Crippen LogP contribution in [0.4, 0.5) is 0 Å². The Morgan fingerprint density at radius 3 is 2.72 bits per heavy atom. The molecule has 0 amide bonds. The Bertz CT molecular complexity index is 397. The number of nitrogens with one attached hydrogen (secondary N) is 1. The van der Waals surface area contributed by atoms with Crippen molar-refractivity contribution in [1.29, 1.82) is 0 Å². The Morgan fingerprint density at radius 1 is 1.33 bits per heavy atom. The van der Waals surface area contributed by atoms with E-state index < -0.39 is 0 Å². The van der Waals surface area contributed by atoms with Crippen LogP contribution in [0.1, 0.15) is 12.8 Å². The van der Waals surface area contributed by atoms with Gasteiger partial charge in [0, 0.05) is 25.8 Å². The lowest BCUT2D eigenvalue weighted by Gasteiger charge is -2.19. The third-order valence-electron chi connectivity index (χ3n) is 2.76. The molecule has 0 heterocycles. The molecule has 1 aliphatic rings. The van der Waals surface area contributed by atoms with E-state index in [-0.39, 0.29) is 6.10 Å². The molecule has 0 radical (unpaired) electrons. The molecule has 18 heavy (non-hydrogen) atoms. The second-order valence-corrected chi connectivity index (χ2v) is 5.27. The second-order valence-electron chi connectivity index (χ2n) is 4.45. The zero-order chi connectivity index (χ0) is 13.0. The van der Waals surface area contributed by atoms with Gasteiger partial charge in [-0.3, -0.25) is 0 Å². The van der Waals surface area contributed by atoms with Crippen molar-refractivity contribution < 1.29 is 9.47 Å². The van der Waals surface area contributed by atoms with E-state index in [0.717, 1.165) is 6.54 Å². The van der Waals surface area contributed by atoms with Gasteiger partial charge in [0.2, 0.25) is 0 Å². The van der Waals surface area contributed by atoms with E-state index in [1.54, 1.807) is 19.2 Å². The molecule has 0 saturated heterocycles. The van der Waals surface area contributed by atoms with Gasteiger partial charge in [0.15, 0.2) is 0 Å². The highest BCUT2D eigenvalue weighted by molar-refractivity contribution is 6.42. The maximum atomic E-state index is 5.95. The fraction of sp³-hybridized carbons (Fsp3) is 0.538. The molecule has 1 atom stereocenters. The molecule has 0 aromatic heterocycles. The summed E-state index contributed by atoms with van der Waals surface area (Å²) in [5.41, 5.74) is 0. The summed E-state index contributed by atoms with van der Waals surface area (Å²) in [6.45, 7) is 1.32. The molecule has 0 aliphatic heterocycles. The van der Waals surface area contributed by atoms with Gasteiger partial charge in [-0.15, -0.1) is 0 Å². The Morgan fingerprint density at radius 2 is 2.11 bits per heavy atom. The van der Waals surface area contributed by atoms with Gasteiger partial charge in [0.1, 0.15) is 11.9 Å². The van der Waals surface area contributed by atoms with Crippen molar-refractivity contribution in [3.8, 4) is 5.75 Å². The molecule has 1 aliphatic carbocycles. The molecular formula is C13H17Cl2NO2. The maximum Gasteiger partial charge on any atom is 0.134 e. The lowest BCUT2D eigenvalue weighted by atomic mass is 10.3. The van der Waals surface area contributed by atoms with Crippen molar-refractivity contribution in [2.75, 3.05) is 20.3 Å². The molecule has 1 aromatic rings. The minimum Gasteiger partial charge on any atom is -0.487 e. The third kappa shape index (κ3) is 4.32. The minimum atomic E-state index is -0.0205. The Labute approximate surface area is 117 Å². The summed E-state index contributed by atoms with van der Waals surface area (Å²) in [5, 5.41) is 4.46. The van der Waals surface area contributed by atoms with Crippen LogP contribution in [0.25, 0.3) is 0 Å². The zero-order valence-corrected chi connectivity index (χ0v) is 11.8. The van der Waals surface area contributed by atoms with Crippen LogP contribution in [-0.4, -0.2) is 32.4 Å². The average Bonchev–Trinajstić information content (AvgIpc) is 3.15. The maximum absolute atomic E-state index is 5.95. The Kier molecular flexibility index (Phi) is 5.13. The quantitative estimate of drug-likeness (QED) is 0.837. The second kappa shape index (κ2) is 6.62. The van der Waals surface area contributed by atoms with Gasteiger partial charge >= 0.3 is 0 Å². The van der Waals surface area contributed by atoms with E-state index in [1.807, 2.05) is 6.07 Å². The number of ether oxygens (including phenoxy) is 2. The van der Waals surface area contributed by atoms with Gasteiger partial charge in [0.05, 0.1) is 16.7 Å². The van der Waals surface area contributed by atoms with Crippen LogP contribution in [0.2, 0.25) is 10.0 Å². The summed E-state index contributed by atoms with van der Waals surface area (Å²) >= 11 is 11.8. The molecular weight excluding hydrogens is 273 g/mol. The van der Waals surface area contributed by atoms with E-state index >= 15 is 0 Å². The molecule has 0 spiro atoms. The fourth-order valence-corrected chi connectivity index (χ4v) is 1.94. The van der Waals surface area contributed by atoms with Gasteiger partial charge in [-0.2, -0.15) is 0 Å². The summed E-state index contributed by atoms with van der Waals surface area (Å²) < 4.78 is 11.0. The molecule has 0 bridgehead atoms. The zero-order valence-electron chi connectivity index (χ0n) is 10.3. The lowest BCUT2D eigenvalue weighted by molar-refractivity contribution is 0.0804. The molecule has 1 unspecified atom stereocenters. The number of hydrogen-bond acceptors (Lipinski definition) is 3. The topological polar surface area (TPSA) is 30.5 Å². The molecule has 1 N–H and O–H groups in total. The summed E-state index contributed by atoms with van der Waals surface area (Å²) in [6.07, 6.45) is 2.49. The first kappa shape index (κ1) is 13.9. The third-order valence-corrected chi connectivity index (χ3v) is 3.50. The molecule has 1 aromatic carbocycles. The summed E-state index contributed by atoms with van der Waals surface area (Å²) in [4.78, 5) is 0. The monoisotopic (exact) mass is 289 g/mol. The van der Waals surface area contributed by atoms with E-state index in [1.165, 1.54) is 12.8 Å². The van der Waals surface area contributed by atoms with Crippen molar-refractivity contribution in [2.24, 2.45) is 0 Å². The van der Waals surface area contributed by atoms with Crippen LogP contribution >= 0.6 is 23.2 Å². The van der Waals surface area contributed by atoms with E-state index in [4.69, 9.17) is 32.7 Å². The van der Waals surface area contributed by atoms with Crippen molar-refractivity contribution in [1.82, 2.24) is 5.32 Å². The predicted molar refractivity (Wildman–Crippen MR) is 73.8 cm³/mol. The smallest absolute Gasteiger partial charge is 0.134 e. The van der Waals surface area contributed by atoms with E-state index in [9.17, 15) is 0 Å². The number of hydrogen-bond donors (Lipinski definition) is 1. The van der Waals surface area contributed by atoms with E-state index in [0.29, 0.717) is 28.4 Å². The summed E-state index contributed by atoms with van der Waals surface area (Å²) in [5.74, 6) is 0.712. The highest BCUT2D eigenvalue weighted by Crippen LogP contribution is 2.27. The first-order valence-electron chi connectivity index (χ1n) is 6.03. The van der Waals surface area contributed by atoms with Crippen LogP contribution < -0.4 is 10.1 Å². The Hall–Kier alpha value is -0.480. The minimum absolute atomic E-state index is 0.0205. The van der Waals surface area contributed by atoms with Gasteiger partial charge < -0.3 is 14.8 Å². The highest BCUT2D eigenvalue weighted by Gasteiger charge is 2.22. The highest BCUT2D eigenvalue weighted by atomic mass is 35.5. The summed E-state index contributed by atoms with van der Waals surface area (Å²) in [6, 6.07) is 5.93. The molecule has 100 valence electrons. The first-order chi connectivity index (χ1) is 8.69. The van der Waals surface area contributed by atoms with Crippen LogP contribution in [-0.2, 0) is 4.74 Å². The average molecular weight is 290 g/mol. The van der Waals surface area contributed by atoms with Crippen LogP contribution in [0.5, 0.6) is 5.75 Å². The SMILES string of the molecule is COCC(CNC1CC1)Oc1ccc(Cl)c(Cl)c1. The molecule has 2 rings (SSSR count). The van der Waals surface area contributed by atoms with Crippen LogP contribution in [0.15, 0.2) is 18.2 Å². The normalized spacial score (nSPS) is 16.6. The number of halogens is 2. The number of rotatable bonds is 7. The molecule has 5 heteroatoms. The van der Waals surface area contributed by atoms with Crippen molar-refractivity contribution >= 4 is 23.2 Å². The van der Waals surface area contributed by atoms with Gasteiger partial charge in [0.25, 0.3) is 0 Å². The number of benzene rings is 1. The summed E-state index contributed by atoms with van der Waals surface area (Å²) in [7, 11) is 1.67. The van der Waals surface area contributed by atoms with Crippen molar-refractivity contribution in [3.05, 3.63) is 28.2 Å². The molecule has 3 nitrogen and oxygen atoms in total. The largest absolute Gasteiger partial charge is 0.487 e.